The van der Waals surface area contributed by atoms with Gasteiger partial charge in [-0.3, -0.25) is 19.8 Å². The second kappa shape index (κ2) is 7.99. The molecule has 0 spiro atoms. The molecule has 2 saturated heterocycles. The largest absolute Gasteiger partial charge is 0.356 e. The number of nitrogens with two attached hydrogens (primary N) is 1. The number of nitrogens with zero attached hydrogens (tertiary/aromatic N) is 1. The van der Waals surface area contributed by atoms with Gasteiger partial charge >= 0.3 is 0 Å². The highest BCUT2D eigenvalue weighted by Crippen LogP contribution is 2.64. The van der Waals surface area contributed by atoms with E-state index in [0.29, 0.717) is 19.0 Å². The molecule has 0 aromatic heterocycles. The maximum atomic E-state index is 13.0. The maximum absolute atomic E-state index is 13.0. The number of rotatable bonds is 7. The SMILES string of the molecule is CCC(C)C(N)C(=O)N1C[C@H]2[C@@H]([C@H]1C(=O)NNC[C@@H]1CCCNC1=O)C2(C)C. The van der Waals surface area contributed by atoms with Crippen LogP contribution in [0.5, 0.6) is 0 Å². The zero-order valence-corrected chi connectivity index (χ0v) is 17.5. The Morgan fingerprint density at radius 2 is 2.11 bits per heavy atom. The zero-order valence-electron chi connectivity index (χ0n) is 17.5. The van der Waals surface area contributed by atoms with E-state index in [4.69, 9.17) is 5.73 Å². The Morgan fingerprint density at radius 1 is 1.39 bits per heavy atom. The van der Waals surface area contributed by atoms with E-state index < -0.39 is 12.1 Å². The fourth-order valence-corrected chi connectivity index (χ4v) is 4.87. The summed E-state index contributed by atoms with van der Waals surface area (Å²) in [5, 5.41) is 2.84. The normalized spacial score (nSPS) is 32.9. The molecule has 1 saturated carbocycles. The summed E-state index contributed by atoms with van der Waals surface area (Å²) in [6.07, 6.45) is 2.58. The number of piperidine rings is 2. The molecule has 0 bridgehead atoms. The monoisotopic (exact) mass is 393 g/mol. The van der Waals surface area contributed by atoms with Gasteiger partial charge in [0.2, 0.25) is 11.8 Å². The minimum absolute atomic E-state index is 0.0218. The van der Waals surface area contributed by atoms with Crippen LogP contribution in [0.1, 0.15) is 47.0 Å². The van der Waals surface area contributed by atoms with Crippen LogP contribution in [-0.2, 0) is 14.4 Å². The van der Waals surface area contributed by atoms with Gasteiger partial charge in [0.15, 0.2) is 0 Å². The summed E-state index contributed by atoms with van der Waals surface area (Å²) in [5.41, 5.74) is 11.9. The lowest BCUT2D eigenvalue weighted by atomic mass is 9.96. The lowest BCUT2D eigenvalue weighted by Crippen LogP contribution is -2.57. The first-order valence-corrected chi connectivity index (χ1v) is 10.6. The minimum atomic E-state index is -0.584. The van der Waals surface area contributed by atoms with Crippen molar-refractivity contribution in [3.05, 3.63) is 0 Å². The molecule has 5 N–H and O–H groups in total. The fourth-order valence-electron chi connectivity index (χ4n) is 4.87. The molecule has 8 nitrogen and oxygen atoms in total. The van der Waals surface area contributed by atoms with Gasteiger partial charge < -0.3 is 16.0 Å². The molecule has 28 heavy (non-hydrogen) atoms. The van der Waals surface area contributed by atoms with Crippen molar-refractivity contribution in [2.24, 2.45) is 34.8 Å². The summed E-state index contributed by atoms with van der Waals surface area (Å²) in [6.45, 7) is 9.98. The highest BCUT2D eigenvalue weighted by atomic mass is 16.2. The van der Waals surface area contributed by atoms with E-state index in [9.17, 15) is 14.4 Å². The van der Waals surface area contributed by atoms with Gasteiger partial charge in [-0.1, -0.05) is 34.1 Å². The molecule has 2 aliphatic heterocycles. The van der Waals surface area contributed by atoms with Gasteiger partial charge in [-0.15, -0.1) is 0 Å². The average Bonchev–Trinajstić information content (AvgIpc) is 3.03. The molecular weight excluding hydrogens is 358 g/mol. The molecule has 0 aromatic carbocycles. The quantitative estimate of drug-likeness (QED) is 0.454. The molecule has 2 unspecified atom stereocenters. The Morgan fingerprint density at radius 3 is 2.75 bits per heavy atom. The summed E-state index contributed by atoms with van der Waals surface area (Å²) < 4.78 is 0. The third kappa shape index (κ3) is 3.76. The van der Waals surface area contributed by atoms with Crippen molar-refractivity contribution in [1.82, 2.24) is 21.1 Å². The summed E-state index contributed by atoms with van der Waals surface area (Å²) in [4.78, 5) is 39.4. The van der Waals surface area contributed by atoms with Crippen LogP contribution in [0.3, 0.4) is 0 Å². The summed E-state index contributed by atoms with van der Waals surface area (Å²) >= 11 is 0. The van der Waals surface area contributed by atoms with Crippen molar-refractivity contribution >= 4 is 17.7 Å². The minimum Gasteiger partial charge on any atom is -0.356 e. The number of carbonyl (C=O) groups excluding carboxylic acids is 3. The number of fused-ring (bicyclic) bond motifs is 1. The Hall–Kier alpha value is -1.67. The molecule has 6 atom stereocenters. The van der Waals surface area contributed by atoms with Crippen molar-refractivity contribution in [2.45, 2.75) is 59.0 Å². The van der Waals surface area contributed by atoms with Gasteiger partial charge in [-0.05, 0) is 36.0 Å². The second-order valence-electron chi connectivity index (χ2n) is 9.30. The van der Waals surface area contributed by atoms with Gasteiger partial charge in [-0.2, -0.15) is 0 Å². The lowest BCUT2D eigenvalue weighted by Gasteiger charge is -2.33. The average molecular weight is 394 g/mol. The molecule has 158 valence electrons. The number of hydrazine groups is 1. The van der Waals surface area contributed by atoms with E-state index in [-0.39, 0.29) is 40.9 Å². The number of likely N-dealkylation sites (tertiary alicyclic amines) is 1. The third-order valence-corrected chi connectivity index (χ3v) is 7.26. The van der Waals surface area contributed by atoms with Crippen LogP contribution in [0.15, 0.2) is 0 Å². The van der Waals surface area contributed by atoms with Crippen molar-refractivity contribution in [2.75, 3.05) is 19.6 Å². The van der Waals surface area contributed by atoms with Gasteiger partial charge in [0.25, 0.3) is 5.91 Å². The maximum Gasteiger partial charge on any atom is 0.257 e. The molecule has 0 radical (unpaired) electrons. The molecule has 3 fully saturated rings. The first kappa shape index (κ1) is 21.0. The van der Waals surface area contributed by atoms with E-state index in [0.717, 1.165) is 25.8 Å². The lowest BCUT2D eigenvalue weighted by molar-refractivity contribution is -0.142. The van der Waals surface area contributed by atoms with Crippen molar-refractivity contribution < 1.29 is 14.4 Å². The predicted octanol–water partition coefficient (Wildman–Crippen LogP) is -0.0102. The Balaban J connectivity index is 1.61. The Kier molecular flexibility index (Phi) is 6.00. The van der Waals surface area contributed by atoms with E-state index in [1.54, 1.807) is 4.90 Å². The number of amides is 3. The van der Waals surface area contributed by atoms with Crippen LogP contribution in [0.25, 0.3) is 0 Å². The fraction of sp³-hybridized carbons (Fsp3) is 0.850. The van der Waals surface area contributed by atoms with Crippen LogP contribution in [0.2, 0.25) is 0 Å². The molecule has 1 aliphatic carbocycles. The van der Waals surface area contributed by atoms with Crippen molar-refractivity contribution in [3.8, 4) is 0 Å². The highest BCUT2D eigenvalue weighted by Gasteiger charge is 2.69. The molecule has 8 heteroatoms. The van der Waals surface area contributed by atoms with Crippen molar-refractivity contribution in [3.63, 3.8) is 0 Å². The second-order valence-corrected chi connectivity index (χ2v) is 9.30. The van der Waals surface area contributed by atoms with Gasteiger partial charge in [-0.25, -0.2) is 5.43 Å². The number of nitrogens with one attached hydrogen (secondary N) is 3. The van der Waals surface area contributed by atoms with Gasteiger partial charge in [0, 0.05) is 19.6 Å². The smallest absolute Gasteiger partial charge is 0.257 e. The first-order chi connectivity index (χ1) is 13.2. The van der Waals surface area contributed by atoms with Crippen LogP contribution in [0, 0.1) is 29.1 Å². The third-order valence-electron chi connectivity index (χ3n) is 7.26. The molecule has 3 rings (SSSR count). The van der Waals surface area contributed by atoms with E-state index in [1.807, 2.05) is 13.8 Å². The number of carbonyl (C=O) groups is 3. The molecular formula is C20H35N5O3. The van der Waals surface area contributed by atoms with Gasteiger partial charge in [0.05, 0.1) is 12.0 Å². The highest BCUT2D eigenvalue weighted by molar-refractivity contribution is 5.91. The van der Waals surface area contributed by atoms with Gasteiger partial charge in [0.1, 0.15) is 6.04 Å². The van der Waals surface area contributed by atoms with Crippen LogP contribution < -0.4 is 21.9 Å². The van der Waals surface area contributed by atoms with Crippen molar-refractivity contribution in [1.29, 1.82) is 0 Å². The zero-order chi connectivity index (χ0) is 20.6. The summed E-state index contributed by atoms with van der Waals surface area (Å²) in [7, 11) is 0. The van der Waals surface area contributed by atoms with E-state index >= 15 is 0 Å². The van der Waals surface area contributed by atoms with E-state index in [2.05, 4.69) is 30.0 Å². The molecule has 3 amide bonds. The van der Waals surface area contributed by atoms with Crippen LogP contribution in [-0.4, -0.2) is 54.3 Å². The van der Waals surface area contributed by atoms with E-state index in [1.165, 1.54) is 0 Å². The van der Waals surface area contributed by atoms with Crippen LogP contribution in [0.4, 0.5) is 0 Å². The molecule has 2 heterocycles. The number of hydrogen-bond acceptors (Lipinski definition) is 5. The summed E-state index contributed by atoms with van der Waals surface area (Å²) in [5.74, 6) is 0.0981. The standard InChI is InChI=1S/C20H35N5O3/c1-5-11(2)15(21)19(28)25-10-13-14(20(13,3)4)16(25)18(27)24-23-9-12-7-6-8-22-17(12)26/h11-16,23H,5-10,21H2,1-4H3,(H,22,26)(H,24,27)/t11?,12-,13-,14-,15?,16-/m0/s1. The Bertz CT molecular complexity index is 637. The first-order valence-electron chi connectivity index (χ1n) is 10.6. The van der Waals surface area contributed by atoms with Crippen LogP contribution >= 0.6 is 0 Å². The molecule has 3 aliphatic rings. The number of hydrogen-bond donors (Lipinski definition) is 4. The topological polar surface area (TPSA) is 117 Å². The summed E-state index contributed by atoms with van der Waals surface area (Å²) in [6, 6.07) is -1.09. The Labute approximate surface area is 167 Å². The molecule has 0 aromatic rings. The predicted molar refractivity (Wildman–Crippen MR) is 106 cm³/mol.